The molecular formula is C18H31Cl3N4O. The first-order chi connectivity index (χ1) is 10.8. The van der Waals surface area contributed by atoms with Crippen LogP contribution in [0.5, 0.6) is 0 Å². The summed E-state index contributed by atoms with van der Waals surface area (Å²) in [7, 11) is 0. The van der Waals surface area contributed by atoms with Crippen molar-refractivity contribution in [1.82, 2.24) is 20.9 Å². The number of aromatic nitrogens is 1. The van der Waals surface area contributed by atoms with Crippen LogP contribution in [0.25, 0.3) is 0 Å². The van der Waals surface area contributed by atoms with Gasteiger partial charge >= 0.3 is 0 Å². The van der Waals surface area contributed by atoms with Gasteiger partial charge in [0.05, 0.1) is 5.69 Å². The fourth-order valence-electron chi connectivity index (χ4n) is 3.03. The van der Waals surface area contributed by atoms with E-state index in [1.807, 2.05) is 38.1 Å². The monoisotopic (exact) mass is 424 g/mol. The molecule has 0 aromatic carbocycles. The lowest BCUT2D eigenvalue weighted by molar-refractivity contribution is -0.118. The average Bonchev–Trinajstić information content (AvgIpc) is 2.71. The van der Waals surface area contributed by atoms with Crippen molar-refractivity contribution in [1.29, 1.82) is 0 Å². The van der Waals surface area contributed by atoms with Crippen LogP contribution in [-0.2, 0) is 11.3 Å². The highest BCUT2D eigenvalue weighted by atomic mass is 35.5. The molecule has 8 heteroatoms. The molecule has 0 fully saturated rings. The van der Waals surface area contributed by atoms with Crippen LogP contribution in [0.4, 0.5) is 0 Å². The number of carbonyl (C=O) groups excluding carboxylic acids is 1. The van der Waals surface area contributed by atoms with Gasteiger partial charge in [-0.05, 0) is 52.8 Å². The standard InChI is InChI=1S/C18H28N4O.3ClH/c1-17(2)12-15(18(3,4)22-17)16(23)21-11-7-9-19-13-14-8-5-6-10-20-14;;;/h5-6,8,10,12,19,22H,7,9,11,13H2,1-4H3,(H,21,23);3*1H. The predicted molar refractivity (Wildman–Crippen MR) is 115 cm³/mol. The average molecular weight is 426 g/mol. The van der Waals surface area contributed by atoms with Gasteiger partial charge in [0.1, 0.15) is 0 Å². The summed E-state index contributed by atoms with van der Waals surface area (Å²) in [4.78, 5) is 16.6. The summed E-state index contributed by atoms with van der Waals surface area (Å²) in [6.07, 6.45) is 4.72. The molecule has 0 unspecified atom stereocenters. The van der Waals surface area contributed by atoms with Crippen molar-refractivity contribution in [2.75, 3.05) is 13.1 Å². The Morgan fingerprint density at radius 1 is 1.12 bits per heavy atom. The number of halogens is 3. The summed E-state index contributed by atoms with van der Waals surface area (Å²) >= 11 is 0. The molecule has 0 aliphatic carbocycles. The topological polar surface area (TPSA) is 66.0 Å². The number of hydrogen-bond donors (Lipinski definition) is 3. The van der Waals surface area contributed by atoms with Gasteiger partial charge in [-0.15, -0.1) is 37.2 Å². The van der Waals surface area contributed by atoms with Crippen LogP contribution in [0.3, 0.4) is 0 Å². The van der Waals surface area contributed by atoms with Crippen LogP contribution in [0, 0.1) is 0 Å². The molecule has 0 saturated heterocycles. The Hall–Kier alpha value is -0.850. The number of hydrogen-bond acceptors (Lipinski definition) is 4. The number of rotatable bonds is 7. The fraction of sp³-hybridized carbons (Fsp3) is 0.556. The molecule has 1 amide bonds. The molecule has 1 aromatic heterocycles. The van der Waals surface area contributed by atoms with Crippen LogP contribution in [0.2, 0.25) is 0 Å². The van der Waals surface area contributed by atoms with Crippen molar-refractivity contribution < 1.29 is 4.79 Å². The molecule has 3 N–H and O–H groups in total. The minimum absolute atomic E-state index is 0. The molecule has 1 aromatic rings. The van der Waals surface area contributed by atoms with Crippen molar-refractivity contribution >= 4 is 43.1 Å². The largest absolute Gasteiger partial charge is 0.352 e. The first-order valence-electron chi connectivity index (χ1n) is 8.22. The molecule has 2 heterocycles. The molecule has 150 valence electrons. The third kappa shape index (κ3) is 8.23. The summed E-state index contributed by atoms with van der Waals surface area (Å²) in [6, 6.07) is 5.89. The summed E-state index contributed by atoms with van der Waals surface area (Å²) in [5, 5.41) is 9.80. The number of amides is 1. The highest BCUT2D eigenvalue weighted by Crippen LogP contribution is 2.29. The van der Waals surface area contributed by atoms with Crippen LogP contribution in [0.1, 0.15) is 39.8 Å². The van der Waals surface area contributed by atoms with Crippen molar-refractivity contribution in [2.24, 2.45) is 0 Å². The summed E-state index contributed by atoms with van der Waals surface area (Å²) in [5.41, 5.74) is 1.43. The smallest absolute Gasteiger partial charge is 0.248 e. The normalized spacial score (nSPS) is 16.4. The zero-order chi connectivity index (χ0) is 16.9. The molecule has 2 rings (SSSR count). The van der Waals surface area contributed by atoms with Gasteiger partial charge in [-0.3, -0.25) is 15.1 Å². The maximum Gasteiger partial charge on any atom is 0.248 e. The van der Waals surface area contributed by atoms with Crippen molar-refractivity contribution in [3.05, 3.63) is 41.7 Å². The lowest BCUT2D eigenvalue weighted by Gasteiger charge is -2.27. The zero-order valence-corrected chi connectivity index (χ0v) is 18.2. The Balaban J connectivity index is 0. The van der Waals surface area contributed by atoms with E-state index in [0.29, 0.717) is 6.54 Å². The summed E-state index contributed by atoms with van der Waals surface area (Å²) in [5.74, 6) is 0.0257. The Bertz CT molecular complexity index is 577. The van der Waals surface area contributed by atoms with E-state index in [9.17, 15) is 4.79 Å². The first kappa shape index (κ1) is 27.4. The predicted octanol–water partition coefficient (Wildman–Crippen LogP) is 3.03. The van der Waals surface area contributed by atoms with Gasteiger partial charge in [-0.25, -0.2) is 0 Å². The number of pyridine rings is 1. The van der Waals surface area contributed by atoms with Gasteiger partial charge < -0.3 is 10.6 Å². The van der Waals surface area contributed by atoms with Crippen LogP contribution >= 0.6 is 37.2 Å². The first-order valence-corrected chi connectivity index (χ1v) is 8.22. The second-order valence-electron chi connectivity index (χ2n) is 7.14. The third-order valence-electron chi connectivity index (χ3n) is 3.91. The van der Waals surface area contributed by atoms with Gasteiger partial charge in [-0.2, -0.15) is 0 Å². The lowest BCUT2D eigenvalue weighted by Crippen LogP contribution is -2.47. The van der Waals surface area contributed by atoms with Gasteiger partial charge in [0.15, 0.2) is 0 Å². The van der Waals surface area contributed by atoms with Crippen molar-refractivity contribution in [3.63, 3.8) is 0 Å². The molecule has 0 spiro atoms. The second kappa shape index (κ2) is 11.8. The van der Waals surface area contributed by atoms with E-state index in [0.717, 1.165) is 30.8 Å². The quantitative estimate of drug-likeness (QED) is 0.587. The SMILES string of the molecule is CC1(C)C=C(C(=O)NCCCNCc2ccccn2)C(C)(C)N1.Cl.Cl.Cl. The molecule has 5 nitrogen and oxygen atoms in total. The van der Waals surface area contributed by atoms with E-state index in [1.54, 1.807) is 6.20 Å². The van der Waals surface area contributed by atoms with Gasteiger partial charge in [-0.1, -0.05) is 12.1 Å². The van der Waals surface area contributed by atoms with Gasteiger partial charge in [0.25, 0.3) is 0 Å². The van der Waals surface area contributed by atoms with Gasteiger partial charge in [0, 0.05) is 35.9 Å². The molecule has 0 saturated carbocycles. The molecule has 1 aliphatic rings. The maximum absolute atomic E-state index is 12.4. The Morgan fingerprint density at radius 3 is 2.35 bits per heavy atom. The molecule has 0 radical (unpaired) electrons. The second-order valence-corrected chi connectivity index (χ2v) is 7.14. The summed E-state index contributed by atoms with van der Waals surface area (Å²) < 4.78 is 0. The maximum atomic E-state index is 12.4. The Morgan fingerprint density at radius 2 is 1.81 bits per heavy atom. The summed E-state index contributed by atoms with van der Waals surface area (Å²) in [6.45, 7) is 10.5. The van der Waals surface area contributed by atoms with Crippen molar-refractivity contribution in [3.8, 4) is 0 Å². The Labute approximate surface area is 175 Å². The van der Waals surface area contributed by atoms with E-state index < -0.39 is 0 Å². The van der Waals surface area contributed by atoms with E-state index >= 15 is 0 Å². The molecule has 1 aliphatic heterocycles. The molecule has 0 atom stereocenters. The minimum atomic E-state index is -0.287. The Kier molecular flexibility index (Phi) is 12.4. The van der Waals surface area contributed by atoms with Gasteiger partial charge in [0.2, 0.25) is 5.91 Å². The highest BCUT2D eigenvalue weighted by molar-refractivity contribution is 5.96. The minimum Gasteiger partial charge on any atom is -0.352 e. The van der Waals surface area contributed by atoms with Crippen LogP contribution in [-0.4, -0.2) is 35.1 Å². The van der Waals surface area contributed by atoms with Crippen LogP contribution < -0.4 is 16.0 Å². The van der Waals surface area contributed by atoms with E-state index in [2.05, 4.69) is 34.8 Å². The number of carbonyl (C=O) groups is 1. The molecule has 26 heavy (non-hydrogen) atoms. The van der Waals surface area contributed by atoms with E-state index in [4.69, 9.17) is 0 Å². The zero-order valence-electron chi connectivity index (χ0n) is 15.8. The third-order valence-corrected chi connectivity index (χ3v) is 3.91. The number of nitrogens with zero attached hydrogens (tertiary/aromatic N) is 1. The fourth-order valence-corrected chi connectivity index (χ4v) is 3.03. The molecular weight excluding hydrogens is 395 g/mol. The lowest BCUT2D eigenvalue weighted by atomic mass is 9.96. The number of nitrogens with one attached hydrogen (secondary N) is 3. The van der Waals surface area contributed by atoms with Crippen LogP contribution in [0.15, 0.2) is 36.0 Å². The molecule has 0 bridgehead atoms. The van der Waals surface area contributed by atoms with E-state index in [-0.39, 0.29) is 54.2 Å². The van der Waals surface area contributed by atoms with Crippen molar-refractivity contribution in [2.45, 2.75) is 51.7 Å². The van der Waals surface area contributed by atoms with E-state index in [1.165, 1.54) is 0 Å². The highest BCUT2D eigenvalue weighted by Gasteiger charge is 2.39.